The Labute approximate surface area is 167 Å². The number of carbonyl (C=O) groups excluding carboxylic acids is 1. The standard InChI is InChI=1S/C19H20F2N2O3S2/c20-15-5-1-3-7-17(15)27-14-9-19(24)22-10-12-23(13-11-22)28(25,26)18-8-4-2-6-16(18)21/h1-8H,9-14H2. The van der Waals surface area contributed by atoms with E-state index in [0.717, 1.165) is 6.07 Å². The van der Waals surface area contributed by atoms with Crippen LogP contribution in [0.5, 0.6) is 0 Å². The maximum absolute atomic E-state index is 13.9. The average molecular weight is 427 g/mol. The molecule has 0 spiro atoms. The van der Waals surface area contributed by atoms with E-state index in [9.17, 15) is 22.0 Å². The van der Waals surface area contributed by atoms with Gasteiger partial charge >= 0.3 is 0 Å². The molecule has 1 fully saturated rings. The molecule has 5 nitrogen and oxygen atoms in total. The molecule has 0 unspecified atom stereocenters. The Balaban J connectivity index is 1.51. The first-order valence-electron chi connectivity index (χ1n) is 8.79. The van der Waals surface area contributed by atoms with E-state index < -0.39 is 15.8 Å². The van der Waals surface area contributed by atoms with Crippen molar-refractivity contribution in [2.45, 2.75) is 16.2 Å². The van der Waals surface area contributed by atoms with E-state index >= 15 is 0 Å². The molecule has 0 N–H and O–H groups in total. The van der Waals surface area contributed by atoms with Crippen molar-refractivity contribution >= 4 is 27.7 Å². The van der Waals surface area contributed by atoms with Crippen LogP contribution in [0.4, 0.5) is 8.78 Å². The van der Waals surface area contributed by atoms with Crippen LogP contribution in [0.2, 0.25) is 0 Å². The number of carbonyl (C=O) groups is 1. The van der Waals surface area contributed by atoms with E-state index in [-0.39, 0.29) is 49.2 Å². The molecule has 2 aromatic rings. The normalized spacial score (nSPS) is 15.6. The summed E-state index contributed by atoms with van der Waals surface area (Å²) in [5, 5.41) is 0. The van der Waals surface area contributed by atoms with Crippen molar-refractivity contribution in [1.29, 1.82) is 0 Å². The zero-order valence-electron chi connectivity index (χ0n) is 15.1. The predicted octanol–water partition coefficient (Wildman–Crippen LogP) is 2.98. The van der Waals surface area contributed by atoms with Gasteiger partial charge in [0.15, 0.2) is 0 Å². The summed E-state index contributed by atoms with van der Waals surface area (Å²) in [5.74, 6) is -0.766. The van der Waals surface area contributed by atoms with Crippen molar-refractivity contribution in [3.63, 3.8) is 0 Å². The molecule has 3 rings (SSSR count). The number of halogens is 2. The molecule has 0 atom stereocenters. The van der Waals surface area contributed by atoms with Gasteiger partial charge in [0.1, 0.15) is 16.5 Å². The molecule has 28 heavy (non-hydrogen) atoms. The number of hydrogen-bond donors (Lipinski definition) is 0. The molecule has 1 aliphatic rings. The fraction of sp³-hybridized carbons (Fsp3) is 0.316. The van der Waals surface area contributed by atoms with E-state index in [1.54, 1.807) is 23.1 Å². The molecule has 0 radical (unpaired) electrons. The third-order valence-electron chi connectivity index (χ3n) is 4.46. The largest absolute Gasteiger partial charge is 0.340 e. The minimum absolute atomic E-state index is 0.105. The highest BCUT2D eigenvalue weighted by molar-refractivity contribution is 7.99. The van der Waals surface area contributed by atoms with Crippen LogP contribution in [-0.2, 0) is 14.8 Å². The number of sulfonamides is 1. The fourth-order valence-electron chi connectivity index (χ4n) is 2.94. The number of hydrogen-bond acceptors (Lipinski definition) is 4. The Hall–Kier alpha value is -1.97. The highest BCUT2D eigenvalue weighted by atomic mass is 32.2. The van der Waals surface area contributed by atoms with Crippen molar-refractivity contribution < 1.29 is 22.0 Å². The lowest BCUT2D eigenvalue weighted by atomic mass is 10.3. The van der Waals surface area contributed by atoms with Crippen LogP contribution < -0.4 is 0 Å². The molecule has 0 bridgehead atoms. The van der Waals surface area contributed by atoms with Gasteiger partial charge in [-0.1, -0.05) is 24.3 Å². The van der Waals surface area contributed by atoms with Gasteiger partial charge in [0.05, 0.1) is 0 Å². The van der Waals surface area contributed by atoms with E-state index in [1.165, 1.54) is 40.3 Å². The van der Waals surface area contributed by atoms with E-state index in [2.05, 4.69) is 0 Å². The van der Waals surface area contributed by atoms with Gasteiger partial charge in [-0.2, -0.15) is 4.31 Å². The number of nitrogens with zero attached hydrogens (tertiary/aromatic N) is 2. The Morgan fingerprint density at radius 2 is 1.54 bits per heavy atom. The molecule has 1 heterocycles. The van der Waals surface area contributed by atoms with Crippen molar-refractivity contribution in [3.05, 3.63) is 60.2 Å². The molecule has 1 amide bonds. The molecule has 0 saturated carbocycles. The van der Waals surface area contributed by atoms with Gasteiger partial charge in [-0.3, -0.25) is 4.79 Å². The van der Waals surface area contributed by atoms with Gasteiger partial charge in [-0.15, -0.1) is 11.8 Å². The summed E-state index contributed by atoms with van der Waals surface area (Å²) in [6.07, 6.45) is 0.235. The van der Waals surface area contributed by atoms with Crippen LogP contribution in [0, 0.1) is 11.6 Å². The van der Waals surface area contributed by atoms with Gasteiger partial charge in [0.2, 0.25) is 15.9 Å². The van der Waals surface area contributed by atoms with Crippen molar-refractivity contribution in [3.8, 4) is 0 Å². The second kappa shape index (κ2) is 9.02. The van der Waals surface area contributed by atoms with Gasteiger partial charge < -0.3 is 4.90 Å². The Morgan fingerprint density at radius 3 is 2.18 bits per heavy atom. The molecule has 2 aromatic carbocycles. The zero-order valence-corrected chi connectivity index (χ0v) is 16.7. The van der Waals surface area contributed by atoms with Crippen molar-refractivity contribution in [2.75, 3.05) is 31.9 Å². The van der Waals surface area contributed by atoms with Gasteiger partial charge in [0.25, 0.3) is 0 Å². The fourth-order valence-corrected chi connectivity index (χ4v) is 5.30. The Morgan fingerprint density at radius 1 is 0.929 bits per heavy atom. The van der Waals surface area contributed by atoms with Crippen LogP contribution in [0.1, 0.15) is 6.42 Å². The quantitative estimate of drug-likeness (QED) is 0.667. The van der Waals surface area contributed by atoms with Crippen LogP contribution in [0.3, 0.4) is 0 Å². The molecule has 1 aliphatic heterocycles. The maximum Gasteiger partial charge on any atom is 0.246 e. The van der Waals surface area contributed by atoms with Gasteiger partial charge in [-0.25, -0.2) is 17.2 Å². The second-order valence-corrected chi connectivity index (χ2v) is 9.29. The molecular weight excluding hydrogens is 406 g/mol. The SMILES string of the molecule is O=C(CCSc1ccccc1F)N1CCN(S(=O)(=O)c2ccccc2F)CC1. The Kier molecular flexibility index (Phi) is 6.69. The monoisotopic (exact) mass is 426 g/mol. The number of benzene rings is 2. The van der Waals surface area contributed by atoms with E-state index in [1.807, 2.05) is 0 Å². The smallest absolute Gasteiger partial charge is 0.246 e. The van der Waals surface area contributed by atoms with Crippen LogP contribution >= 0.6 is 11.8 Å². The van der Waals surface area contributed by atoms with Gasteiger partial charge in [0, 0.05) is 43.2 Å². The number of rotatable bonds is 6. The number of amides is 1. The lowest BCUT2D eigenvalue weighted by Gasteiger charge is -2.34. The van der Waals surface area contributed by atoms with E-state index in [0.29, 0.717) is 10.6 Å². The average Bonchev–Trinajstić information content (AvgIpc) is 2.69. The third-order valence-corrected chi connectivity index (χ3v) is 7.44. The first-order chi connectivity index (χ1) is 13.4. The van der Waals surface area contributed by atoms with Crippen LogP contribution in [0.25, 0.3) is 0 Å². The second-order valence-electron chi connectivity index (χ2n) is 6.24. The topological polar surface area (TPSA) is 57.7 Å². The molecule has 0 aromatic heterocycles. The Bertz CT molecular complexity index is 946. The maximum atomic E-state index is 13.9. The lowest BCUT2D eigenvalue weighted by Crippen LogP contribution is -2.50. The lowest BCUT2D eigenvalue weighted by molar-refractivity contribution is -0.131. The highest BCUT2D eigenvalue weighted by Gasteiger charge is 2.31. The molecule has 9 heteroatoms. The van der Waals surface area contributed by atoms with Crippen LogP contribution in [0.15, 0.2) is 58.3 Å². The van der Waals surface area contributed by atoms with Crippen molar-refractivity contribution in [2.24, 2.45) is 0 Å². The minimum atomic E-state index is -3.92. The summed E-state index contributed by atoms with van der Waals surface area (Å²) in [4.78, 5) is 14.1. The highest BCUT2D eigenvalue weighted by Crippen LogP contribution is 2.23. The summed E-state index contributed by atoms with van der Waals surface area (Å²) < 4.78 is 53.8. The minimum Gasteiger partial charge on any atom is -0.340 e. The number of piperazine rings is 1. The number of thioether (sulfide) groups is 1. The zero-order chi connectivity index (χ0) is 20.1. The molecule has 150 valence electrons. The van der Waals surface area contributed by atoms with E-state index in [4.69, 9.17) is 0 Å². The molecule has 0 aliphatic carbocycles. The summed E-state index contributed by atoms with van der Waals surface area (Å²) in [6, 6.07) is 11.6. The summed E-state index contributed by atoms with van der Waals surface area (Å²) >= 11 is 1.27. The molecular formula is C19H20F2N2O3S2. The summed E-state index contributed by atoms with van der Waals surface area (Å²) in [5.41, 5.74) is 0. The van der Waals surface area contributed by atoms with Crippen molar-refractivity contribution in [1.82, 2.24) is 9.21 Å². The predicted molar refractivity (Wildman–Crippen MR) is 103 cm³/mol. The van der Waals surface area contributed by atoms with Gasteiger partial charge in [-0.05, 0) is 24.3 Å². The summed E-state index contributed by atoms with van der Waals surface area (Å²) in [7, 11) is -3.92. The first-order valence-corrected chi connectivity index (χ1v) is 11.2. The van der Waals surface area contributed by atoms with Crippen LogP contribution in [-0.4, -0.2) is 55.5 Å². The first kappa shape index (κ1) is 20.8. The third kappa shape index (κ3) is 4.71. The molecule has 1 saturated heterocycles. The summed E-state index contributed by atoms with van der Waals surface area (Å²) in [6.45, 7) is 0.722.